The Morgan fingerprint density at radius 2 is 2.19 bits per heavy atom. The summed E-state index contributed by atoms with van der Waals surface area (Å²) in [5, 5.41) is 11.5. The number of carbonyl (C=O) groups excluding carboxylic acids is 1. The first-order valence-electron chi connectivity index (χ1n) is 7.80. The number of furan rings is 1. The summed E-state index contributed by atoms with van der Waals surface area (Å²) in [7, 11) is 0. The fourth-order valence-electron chi connectivity index (χ4n) is 2.77. The molecule has 0 unspecified atom stereocenters. The third-order valence-electron chi connectivity index (χ3n) is 4.00. The van der Waals surface area contributed by atoms with E-state index in [0.717, 1.165) is 32.4 Å². The van der Waals surface area contributed by atoms with E-state index in [1.54, 1.807) is 31.0 Å². The second kappa shape index (κ2) is 5.78. The van der Waals surface area contributed by atoms with Gasteiger partial charge in [0.2, 0.25) is 0 Å². The second-order valence-electron chi connectivity index (χ2n) is 5.66. The number of aromatic amines is 1. The maximum Gasteiger partial charge on any atom is 0.284 e. The average Bonchev–Trinajstić information content (AvgIpc) is 3.39. The van der Waals surface area contributed by atoms with Crippen LogP contribution in [-0.4, -0.2) is 26.1 Å². The Hall–Kier alpha value is -3.52. The van der Waals surface area contributed by atoms with Crippen molar-refractivity contribution in [2.24, 2.45) is 0 Å². The molecule has 0 saturated heterocycles. The number of amides is 1. The number of pyridine rings is 1. The molecule has 0 radical (unpaired) electrons. The molecule has 126 valence electrons. The lowest BCUT2D eigenvalue weighted by Crippen LogP contribution is -2.11. The van der Waals surface area contributed by atoms with Crippen LogP contribution in [0.4, 0.5) is 5.69 Å². The van der Waals surface area contributed by atoms with Gasteiger partial charge < -0.3 is 9.73 Å². The van der Waals surface area contributed by atoms with Crippen molar-refractivity contribution in [3.05, 3.63) is 60.3 Å². The molecule has 1 amide bonds. The Balaban J connectivity index is 1.49. The summed E-state index contributed by atoms with van der Waals surface area (Å²) in [6.07, 6.45) is 6.60. The lowest BCUT2D eigenvalue weighted by atomic mass is 10.1. The van der Waals surface area contributed by atoms with Crippen molar-refractivity contribution in [3.63, 3.8) is 0 Å². The fourth-order valence-corrected chi connectivity index (χ4v) is 3.60. The van der Waals surface area contributed by atoms with Gasteiger partial charge in [-0.25, -0.2) is 4.98 Å². The first-order valence-corrected chi connectivity index (χ1v) is 8.62. The van der Waals surface area contributed by atoms with Crippen molar-refractivity contribution < 1.29 is 9.21 Å². The van der Waals surface area contributed by atoms with Gasteiger partial charge in [0.1, 0.15) is 5.69 Å². The lowest BCUT2D eigenvalue weighted by molar-refractivity contribution is 0.102. The largest absolute Gasteiger partial charge is 0.472 e. The summed E-state index contributed by atoms with van der Waals surface area (Å²) in [5.74, 6) is -0.251. The third-order valence-corrected chi connectivity index (χ3v) is 5.01. The molecule has 5 rings (SSSR count). The summed E-state index contributed by atoms with van der Waals surface area (Å²) in [6, 6.07) is 9.22. The van der Waals surface area contributed by atoms with Crippen molar-refractivity contribution in [2.75, 3.05) is 5.32 Å². The number of hydrogen-bond acceptors (Lipinski definition) is 6. The number of carbonyl (C=O) groups is 1. The number of aromatic nitrogens is 4. The van der Waals surface area contributed by atoms with Gasteiger partial charge in [0, 0.05) is 29.0 Å². The summed E-state index contributed by atoms with van der Waals surface area (Å²) < 4.78 is 6.01. The SMILES string of the molecule is O=C(Nc1ccc2[nH]nc(-c3ccoc3)c2c1)c1nc2ccncc2s1. The van der Waals surface area contributed by atoms with Crippen molar-refractivity contribution >= 4 is 44.1 Å². The molecule has 0 fully saturated rings. The Bertz CT molecular complexity index is 1210. The molecule has 0 aliphatic rings. The maximum atomic E-state index is 12.5. The van der Waals surface area contributed by atoms with Crippen LogP contribution < -0.4 is 5.32 Å². The van der Waals surface area contributed by atoms with Gasteiger partial charge >= 0.3 is 0 Å². The standard InChI is InChI=1S/C18H11N5O2S/c24-17(18-21-14-3-5-19-8-15(14)26-18)20-11-1-2-13-12(7-11)16(23-22-13)10-4-6-25-9-10/h1-9H,(H,20,24)(H,22,23). The highest BCUT2D eigenvalue weighted by atomic mass is 32.1. The maximum absolute atomic E-state index is 12.5. The minimum absolute atomic E-state index is 0.251. The van der Waals surface area contributed by atoms with Gasteiger partial charge in [0.25, 0.3) is 5.91 Å². The van der Waals surface area contributed by atoms with E-state index >= 15 is 0 Å². The molecule has 7 nitrogen and oxygen atoms in total. The molecule has 26 heavy (non-hydrogen) atoms. The molecule has 0 aliphatic carbocycles. The van der Waals surface area contributed by atoms with Gasteiger partial charge in [-0.05, 0) is 30.3 Å². The molecule has 8 heteroatoms. The number of H-pyrrole nitrogens is 1. The first-order chi connectivity index (χ1) is 12.8. The van der Waals surface area contributed by atoms with E-state index < -0.39 is 0 Å². The Morgan fingerprint density at radius 3 is 3.04 bits per heavy atom. The predicted octanol–water partition coefficient (Wildman–Crippen LogP) is 4.08. The number of fused-ring (bicyclic) bond motifs is 2. The summed E-state index contributed by atoms with van der Waals surface area (Å²) in [6.45, 7) is 0. The van der Waals surface area contributed by atoms with Crippen LogP contribution in [0.1, 0.15) is 9.80 Å². The summed E-state index contributed by atoms with van der Waals surface area (Å²) in [4.78, 5) is 21.0. The molecule has 0 spiro atoms. The highest BCUT2D eigenvalue weighted by Crippen LogP contribution is 2.29. The van der Waals surface area contributed by atoms with Crippen LogP contribution in [0, 0.1) is 0 Å². The van der Waals surface area contributed by atoms with Gasteiger partial charge in [-0.3, -0.25) is 14.9 Å². The van der Waals surface area contributed by atoms with E-state index in [2.05, 4.69) is 25.5 Å². The Kier molecular flexibility index (Phi) is 3.29. The highest BCUT2D eigenvalue weighted by Gasteiger charge is 2.14. The van der Waals surface area contributed by atoms with E-state index in [0.29, 0.717) is 10.7 Å². The van der Waals surface area contributed by atoms with Gasteiger partial charge in [0.05, 0.1) is 28.3 Å². The lowest BCUT2D eigenvalue weighted by Gasteiger charge is -2.03. The van der Waals surface area contributed by atoms with Crippen LogP contribution in [0.5, 0.6) is 0 Å². The summed E-state index contributed by atoms with van der Waals surface area (Å²) >= 11 is 1.31. The quantitative estimate of drug-likeness (QED) is 0.505. The van der Waals surface area contributed by atoms with E-state index in [1.807, 2.05) is 24.3 Å². The smallest absolute Gasteiger partial charge is 0.284 e. The zero-order valence-corrected chi connectivity index (χ0v) is 14.1. The number of rotatable bonds is 3. The van der Waals surface area contributed by atoms with Gasteiger partial charge in [-0.1, -0.05) is 0 Å². The topological polar surface area (TPSA) is 96.7 Å². The number of nitrogens with one attached hydrogen (secondary N) is 2. The number of thiazole rings is 1. The van der Waals surface area contributed by atoms with E-state index in [-0.39, 0.29) is 5.91 Å². The number of hydrogen-bond donors (Lipinski definition) is 2. The molecule has 4 aromatic heterocycles. The van der Waals surface area contributed by atoms with Crippen molar-refractivity contribution in [1.82, 2.24) is 20.2 Å². The molecule has 0 bridgehead atoms. The zero-order chi connectivity index (χ0) is 17.5. The van der Waals surface area contributed by atoms with Gasteiger partial charge in [0.15, 0.2) is 5.01 Å². The minimum Gasteiger partial charge on any atom is -0.472 e. The van der Waals surface area contributed by atoms with Crippen LogP contribution in [0.2, 0.25) is 0 Å². The van der Waals surface area contributed by atoms with E-state index in [1.165, 1.54) is 11.3 Å². The van der Waals surface area contributed by atoms with E-state index in [4.69, 9.17) is 4.42 Å². The number of benzene rings is 1. The Morgan fingerprint density at radius 1 is 1.23 bits per heavy atom. The molecular formula is C18H11N5O2S. The molecular weight excluding hydrogens is 350 g/mol. The average molecular weight is 361 g/mol. The van der Waals surface area contributed by atoms with Crippen LogP contribution in [0.15, 0.2) is 59.7 Å². The van der Waals surface area contributed by atoms with Crippen molar-refractivity contribution in [2.45, 2.75) is 0 Å². The monoisotopic (exact) mass is 361 g/mol. The van der Waals surface area contributed by atoms with Crippen LogP contribution in [-0.2, 0) is 0 Å². The Labute approximate surface area is 150 Å². The van der Waals surface area contributed by atoms with Crippen LogP contribution >= 0.6 is 11.3 Å². The molecule has 4 heterocycles. The van der Waals surface area contributed by atoms with Crippen molar-refractivity contribution in [3.8, 4) is 11.3 Å². The molecule has 0 aliphatic heterocycles. The molecule has 5 aromatic rings. The van der Waals surface area contributed by atoms with Gasteiger partial charge in [-0.2, -0.15) is 5.10 Å². The number of anilines is 1. The molecule has 1 aromatic carbocycles. The second-order valence-corrected chi connectivity index (χ2v) is 6.69. The highest BCUT2D eigenvalue weighted by molar-refractivity contribution is 7.20. The third kappa shape index (κ3) is 2.44. The van der Waals surface area contributed by atoms with Crippen LogP contribution in [0.25, 0.3) is 32.4 Å². The normalized spacial score (nSPS) is 11.2. The first kappa shape index (κ1) is 14.8. The van der Waals surface area contributed by atoms with Crippen molar-refractivity contribution in [1.29, 1.82) is 0 Å². The predicted molar refractivity (Wildman–Crippen MR) is 99.2 cm³/mol. The molecule has 0 saturated carbocycles. The zero-order valence-electron chi connectivity index (χ0n) is 13.3. The van der Waals surface area contributed by atoms with Gasteiger partial charge in [-0.15, -0.1) is 11.3 Å². The fraction of sp³-hybridized carbons (Fsp3) is 0. The number of nitrogens with zero attached hydrogens (tertiary/aromatic N) is 3. The molecule has 2 N–H and O–H groups in total. The van der Waals surface area contributed by atoms with E-state index in [9.17, 15) is 4.79 Å². The van der Waals surface area contributed by atoms with Crippen LogP contribution in [0.3, 0.4) is 0 Å². The molecule has 0 atom stereocenters. The minimum atomic E-state index is -0.251. The summed E-state index contributed by atoms with van der Waals surface area (Å²) in [5.41, 5.74) is 3.97.